The van der Waals surface area contributed by atoms with E-state index in [9.17, 15) is 4.39 Å². The van der Waals surface area contributed by atoms with E-state index in [2.05, 4.69) is 24.4 Å². The van der Waals surface area contributed by atoms with E-state index in [1.54, 1.807) is 0 Å². The van der Waals surface area contributed by atoms with Gasteiger partial charge in [-0.2, -0.15) is 0 Å². The van der Waals surface area contributed by atoms with Crippen molar-refractivity contribution in [3.63, 3.8) is 0 Å². The van der Waals surface area contributed by atoms with E-state index in [0.29, 0.717) is 6.42 Å². The summed E-state index contributed by atoms with van der Waals surface area (Å²) in [6, 6.07) is 8.23. The maximum absolute atomic E-state index is 13.7. The first-order valence-corrected chi connectivity index (χ1v) is 6.29. The number of anilines is 1. The van der Waals surface area contributed by atoms with Gasteiger partial charge in [0.05, 0.1) is 6.04 Å². The Labute approximate surface area is 97.1 Å². The van der Waals surface area contributed by atoms with Crippen LogP contribution in [-0.2, 0) is 6.42 Å². The third-order valence-corrected chi connectivity index (χ3v) is 3.42. The Morgan fingerprint density at radius 1 is 1.25 bits per heavy atom. The Hall–Kier alpha value is -1.05. The highest BCUT2D eigenvalue weighted by Gasteiger charge is 2.24. The van der Waals surface area contributed by atoms with Crippen molar-refractivity contribution in [1.29, 1.82) is 0 Å². The maximum atomic E-state index is 13.7. The predicted octanol–water partition coefficient (Wildman–Crippen LogP) is 3.94. The van der Waals surface area contributed by atoms with Crippen LogP contribution in [0, 0.1) is 0 Å². The fourth-order valence-corrected chi connectivity index (χ4v) is 2.42. The van der Waals surface area contributed by atoms with Crippen LogP contribution < -0.4 is 5.32 Å². The standard InChI is InChI=1S/C14H20FN/c1-2-11-7-3-5-9-13(11)16-14-10-6-4-8-12(14)15/h3,5,7,9,12,14,16H,2,4,6,8,10H2,1H3/t12-,14-/m1/s1. The van der Waals surface area contributed by atoms with Gasteiger partial charge in [-0.3, -0.25) is 0 Å². The minimum absolute atomic E-state index is 0.0152. The summed E-state index contributed by atoms with van der Waals surface area (Å²) in [6.45, 7) is 2.13. The van der Waals surface area contributed by atoms with Crippen LogP contribution in [0.1, 0.15) is 38.2 Å². The Morgan fingerprint density at radius 3 is 2.75 bits per heavy atom. The molecule has 1 N–H and O–H groups in total. The molecule has 0 spiro atoms. The average molecular weight is 221 g/mol. The molecule has 1 saturated carbocycles. The molecule has 0 amide bonds. The number of para-hydroxylation sites is 1. The van der Waals surface area contributed by atoms with Crippen molar-refractivity contribution in [2.24, 2.45) is 0 Å². The summed E-state index contributed by atoms with van der Waals surface area (Å²) in [5, 5.41) is 3.38. The molecule has 2 rings (SSSR count). The molecule has 1 aromatic rings. The molecule has 1 aliphatic rings. The summed E-state index contributed by atoms with van der Waals surface area (Å²) in [7, 11) is 0. The molecule has 2 heteroatoms. The highest BCUT2D eigenvalue weighted by Crippen LogP contribution is 2.26. The van der Waals surface area contributed by atoms with Crippen LogP contribution >= 0.6 is 0 Å². The van der Waals surface area contributed by atoms with Gasteiger partial charge in [0, 0.05) is 5.69 Å². The summed E-state index contributed by atoms with van der Waals surface area (Å²) >= 11 is 0. The van der Waals surface area contributed by atoms with Gasteiger partial charge in [-0.1, -0.05) is 38.0 Å². The van der Waals surface area contributed by atoms with Crippen molar-refractivity contribution in [2.75, 3.05) is 5.32 Å². The Kier molecular flexibility index (Phi) is 3.81. The Bertz CT molecular complexity index is 337. The van der Waals surface area contributed by atoms with Gasteiger partial charge in [0.25, 0.3) is 0 Å². The van der Waals surface area contributed by atoms with E-state index >= 15 is 0 Å². The fraction of sp³-hybridized carbons (Fsp3) is 0.571. The average Bonchev–Trinajstić information content (AvgIpc) is 2.33. The molecule has 0 saturated heterocycles. The normalized spacial score (nSPS) is 25.4. The molecule has 0 heterocycles. The molecule has 1 nitrogen and oxygen atoms in total. The zero-order valence-corrected chi connectivity index (χ0v) is 9.88. The van der Waals surface area contributed by atoms with E-state index in [1.807, 2.05) is 12.1 Å². The number of alkyl halides is 1. The topological polar surface area (TPSA) is 12.0 Å². The van der Waals surface area contributed by atoms with E-state index in [0.717, 1.165) is 31.4 Å². The smallest absolute Gasteiger partial charge is 0.120 e. The lowest BCUT2D eigenvalue weighted by molar-refractivity contribution is 0.230. The van der Waals surface area contributed by atoms with Crippen molar-refractivity contribution < 1.29 is 4.39 Å². The van der Waals surface area contributed by atoms with Gasteiger partial charge < -0.3 is 5.32 Å². The SMILES string of the molecule is CCc1ccccc1N[C@@H]1CCCC[C@H]1F. The van der Waals surface area contributed by atoms with E-state index in [4.69, 9.17) is 0 Å². The highest BCUT2D eigenvalue weighted by molar-refractivity contribution is 5.52. The fourth-order valence-electron chi connectivity index (χ4n) is 2.42. The Balaban J connectivity index is 2.07. The van der Waals surface area contributed by atoms with Gasteiger partial charge in [-0.25, -0.2) is 4.39 Å². The first kappa shape index (κ1) is 11.4. The van der Waals surface area contributed by atoms with Crippen molar-refractivity contribution in [2.45, 2.75) is 51.2 Å². The second-order valence-corrected chi connectivity index (χ2v) is 4.56. The second-order valence-electron chi connectivity index (χ2n) is 4.56. The van der Waals surface area contributed by atoms with E-state index in [-0.39, 0.29) is 6.04 Å². The van der Waals surface area contributed by atoms with E-state index in [1.165, 1.54) is 5.56 Å². The van der Waals surface area contributed by atoms with Gasteiger partial charge in [-0.15, -0.1) is 0 Å². The van der Waals surface area contributed by atoms with Crippen LogP contribution in [0.5, 0.6) is 0 Å². The quantitative estimate of drug-likeness (QED) is 0.815. The van der Waals surface area contributed by atoms with Crippen molar-refractivity contribution in [3.8, 4) is 0 Å². The molecule has 0 radical (unpaired) electrons. The van der Waals surface area contributed by atoms with Gasteiger partial charge in [-0.05, 0) is 30.9 Å². The number of rotatable bonds is 3. The summed E-state index contributed by atoms with van der Waals surface area (Å²) in [5.41, 5.74) is 2.39. The molecule has 16 heavy (non-hydrogen) atoms. The van der Waals surface area contributed by atoms with Crippen LogP contribution in [0.2, 0.25) is 0 Å². The molecule has 0 unspecified atom stereocenters. The Morgan fingerprint density at radius 2 is 2.00 bits per heavy atom. The lowest BCUT2D eigenvalue weighted by atomic mass is 9.93. The van der Waals surface area contributed by atoms with Crippen LogP contribution in [0.3, 0.4) is 0 Å². The first-order chi connectivity index (χ1) is 7.81. The van der Waals surface area contributed by atoms with Crippen molar-refractivity contribution in [1.82, 2.24) is 0 Å². The third-order valence-electron chi connectivity index (χ3n) is 3.42. The van der Waals surface area contributed by atoms with Crippen LogP contribution in [-0.4, -0.2) is 12.2 Å². The lowest BCUT2D eigenvalue weighted by Crippen LogP contribution is -2.33. The third kappa shape index (κ3) is 2.55. The molecule has 88 valence electrons. The largest absolute Gasteiger partial charge is 0.379 e. The summed E-state index contributed by atoms with van der Waals surface area (Å²) in [5.74, 6) is 0. The number of nitrogens with one attached hydrogen (secondary N) is 1. The van der Waals surface area contributed by atoms with Gasteiger partial charge in [0.1, 0.15) is 6.17 Å². The van der Waals surface area contributed by atoms with Gasteiger partial charge in [0.15, 0.2) is 0 Å². The van der Waals surface area contributed by atoms with E-state index < -0.39 is 6.17 Å². The summed E-state index contributed by atoms with van der Waals surface area (Å²) in [6.07, 6.45) is 4.16. The van der Waals surface area contributed by atoms with Crippen LogP contribution in [0.4, 0.5) is 10.1 Å². The second kappa shape index (κ2) is 5.33. The zero-order valence-electron chi connectivity index (χ0n) is 9.88. The van der Waals surface area contributed by atoms with Crippen molar-refractivity contribution in [3.05, 3.63) is 29.8 Å². The molecule has 2 atom stereocenters. The molecule has 1 aliphatic carbocycles. The number of aryl methyl sites for hydroxylation is 1. The number of halogens is 1. The molecule has 0 aliphatic heterocycles. The zero-order chi connectivity index (χ0) is 11.4. The first-order valence-electron chi connectivity index (χ1n) is 6.29. The molecular formula is C14H20FN. The van der Waals surface area contributed by atoms with Crippen molar-refractivity contribution >= 4 is 5.69 Å². The molecular weight excluding hydrogens is 201 g/mol. The lowest BCUT2D eigenvalue weighted by Gasteiger charge is -2.28. The molecule has 1 fully saturated rings. The number of benzene rings is 1. The minimum Gasteiger partial charge on any atom is -0.379 e. The minimum atomic E-state index is -0.682. The molecule has 0 bridgehead atoms. The summed E-state index contributed by atoms with van der Waals surface area (Å²) < 4.78 is 13.7. The molecule has 1 aromatic carbocycles. The predicted molar refractivity (Wildman–Crippen MR) is 66.6 cm³/mol. The number of hydrogen-bond acceptors (Lipinski definition) is 1. The van der Waals surface area contributed by atoms with Crippen LogP contribution in [0.15, 0.2) is 24.3 Å². The number of hydrogen-bond donors (Lipinski definition) is 1. The highest BCUT2D eigenvalue weighted by atomic mass is 19.1. The van der Waals surface area contributed by atoms with Gasteiger partial charge >= 0.3 is 0 Å². The maximum Gasteiger partial charge on any atom is 0.120 e. The van der Waals surface area contributed by atoms with Crippen LogP contribution in [0.25, 0.3) is 0 Å². The van der Waals surface area contributed by atoms with Gasteiger partial charge in [0.2, 0.25) is 0 Å². The summed E-state index contributed by atoms with van der Waals surface area (Å²) in [4.78, 5) is 0. The molecule has 0 aromatic heterocycles. The monoisotopic (exact) mass is 221 g/mol.